The molecular weight excluding hydrogens is 378 g/mol. The lowest BCUT2D eigenvalue weighted by Gasteiger charge is -2.32. The van der Waals surface area contributed by atoms with Gasteiger partial charge in [-0.1, -0.05) is 37.3 Å². The first kappa shape index (κ1) is 21.6. The molecule has 2 aromatic carbocycles. The first-order chi connectivity index (χ1) is 14.6. The highest BCUT2D eigenvalue weighted by Crippen LogP contribution is 2.20. The molecule has 1 aliphatic heterocycles. The van der Waals surface area contributed by atoms with Crippen molar-refractivity contribution in [2.45, 2.75) is 39.2 Å². The van der Waals surface area contributed by atoms with Gasteiger partial charge in [0.15, 0.2) is 0 Å². The molecule has 1 fully saturated rings. The molecule has 1 saturated heterocycles. The molecule has 1 unspecified atom stereocenters. The molecule has 3 amide bonds. The van der Waals surface area contributed by atoms with E-state index in [4.69, 9.17) is 0 Å². The summed E-state index contributed by atoms with van der Waals surface area (Å²) in [6.07, 6.45) is 2.85. The number of hydrogen-bond donors (Lipinski definition) is 2. The van der Waals surface area contributed by atoms with Crippen LogP contribution in [0.1, 0.15) is 48.5 Å². The van der Waals surface area contributed by atoms with E-state index in [1.54, 1.807) is 29.2 Å². The van der Waals surface area contributed by atoms with Crippen molar-refractivity contribution in [3.8, 4) is 0 Å². The van der Waals surface area contributed by atoms with Crippen LogP contribution >= 0.6 is 0 Å². The van der Waals surface area contributed by atoms with Gasteiger partial charge in [-0.15, -0.1) is 0 Å². The molecular formula is C24H29N3O3. The van der Waals surface area contributed by atoms with Crippen LogP contribution < -0.4 is 10.6 Å². The lowest BCUT2D eigenvalue weighted by Crippen LogP contribution is -2.45. The standard InChI is InChI=1S/C24H29N3O3/c1-2-7-22(28)26-21-13-11-19(12-14-21)24(30)27-15-6-10-20(17-27)23(29)25-16-18-8-4-3-5-9-18/h3-5,8-9,11-14,20H,2,6-7,10,15-17H2,1H3,(H,25,29)(H,26,28). The lowest BCUT2D eigenvalue weighted by molar-refractivity contribution is -0.126. The monoisotopic (exact) mass is 407 g/mol. The molecule has 2 aromatic rings. The van der Waals surface area contributed by atoms with E-state index in [9.17, 15) is 14.4 Å². The normalized spacial score (nSPS) is 16.0. The van der Waals surface area contributed by atoms with Crippen molar-refractivity contribution in [1.82, 2.24) is 10.2 Å². The van der Waals surface area contributed by atoms with E-state index in [0.717, 1.165) is 24.8 Å². The minimum Gasteiger partial charge on any atom is -0.352 e. The van der Waals surface area contributed by atoms with Gasteiger partial charge in [0.25, 0.3) is 5.91 Å². The van der Waals surface area contributed by atoms with Crippen LogP contribution in [-0.2, 0) is 16.1 Å². The average Bonchev–Trinajstić information content (AvgIpc) is 2.78. The number of rotatable bonds is 7. The van der Waals surface area contributed by atoms with Gasteiger partial charge in [-0.2, -0.15) is 0 Å². The molecule has 2 N–H and O–H groups in total. The number of piperidine rings is 1. The summed E-state index contributed by atoms with van der Waals surface area (Å²) in [5.41, 5.74) is 2.30. The average molecular weight is 408 g/mol. The summed E-state index contributed by atoms with van der Waals surface area (Å²) < 4.78 is 0. The third-order valence-electron chi connectivity index (χ3n) is 5.28. The van der Waals surface area contributed by atoms with E-state index in [0.29, 0.717) is 37.3 Å². The smallest absolute Gasteiger partial charge is 0.253 e. The first-order valence-corrected chi connectivity index (χ1v) is 10.6. The van der Waals surface area contributed by atoms with Crippen LogP contribution in [0.3, 0.4) is 0 Å². The number of carbonyl (C=O) groups is 3. The summed E-state index contributed by atoms with van der Waals surface area (Å²) in [7, 11) is 0. The zero-order chi connectivity index (χ0) is 21.3. The van der Waals surface area contributed by atoms with Gasteiger partial charge in [-0.05, 0) is 49.1 Å². The molecule has 30 heavy (non-hydrogen) atoms. The second kappa shape index (κ2) is 10.6. The Morgan fingerprint density at radius 1 is 1.03 bits per heavy atom. The van der Waals surface area contributed by atoms with E-state index < -0.39 is 0 Å². The van der Waals surface area contributed by atoms with Crippen molar-refractivity contribution in [1.29, 1.82) is 0 Å². The van der Waals surface area contributed by atoms with Crippen molar-refractivity contribution in [3.63, 3.8) is 0 Å². The highest BCUT2D eigenvalue weighted by molar-refractivity contribution is 5.96. The molecule has 0 aromatic heterocycles. The Kier molecular flexibility index (Phi) is 7.60. The van der Waals surface area contributed by atoms with Crippen LogP contribution in [0.5, 0.6) is 0 Å². The maximum Gasteiger partial charge on any atom is 0.253 e. The Hall–Kier alpha value is -3.15. The number of anilines is 1. The predicted molar refractivity (Wildman–Crippen MR) is 117 cm³/mol. The molecule has 1 aliphatic rings. The van der Waals surface area contributed by atoms with Crippen LogP contribution in [0.15, 0.2) is 54.6 Å². The maximum absolute atomic E-state index is 12.9. The summed E-state index contributed by atoms with van der Waals surface area (Å²) >= 11 is 0. The summed E-state index contributed by atoms with van der Waals surface area (Å²) in [6, 6.07) is 16.7. The van der Waals surface area contributed by atoms with E-state index in [1.807, 2.05) is 37.3 Å². The van der Waals surface area contributed by atoms with Gasteiger partial charge in [0.2, 0.25) is 11.8 Å². The van der Waals surface area contributed by atoms with Crippen molar-refractivity contribution in [2.75, 3.05) is 18.4 Å². The number of likely N-dealkylation sites (tertiary alicyclic amines) is 1. The Morgan fingerprint density at radius 2 is 1.77 bits per heavy atom. The Morgan fingerprint density at radius 3 is 2.47 bits per heavy atom. The molecule has 0 bridgehead atoms. The summed E-state index contributed by atoms with van der Waals surface area (Å²) in [6.45, 7) is 3.52. The highest BCUT2D eigenvalue weighted by atomic mass is 16.2. The number of carbonyl (C=O) groups excluding carboxylic acids is 3. The zero-order valence-corrected chi connectivity index (χ0v) is 17.4. The third-order valence-corrected chi connectivity index (χ3v) is 5.28. The second-order valence-corrected chi connectivity index (χ2v) is 7.67. The van der Waals surface area contributed by atoms with Crippen LogP contribution in [0.2, 0.25) is 0 Å². The molecule has 0 aliphatic carbocycles. The van der Waals surface area contributed by atoms with E-state index in [2.05, 4.69) is 10.6 Å². The SMILES string of the molecule is CCCC(=O)Nc1ccc(C(=O)N2CCCC(C(=O)NCc3ccccc3)C2)cc1. The van der Waals surface area contributed by atoms with E-state index in [-0.39, 0.29) is 23.6 Å². The summed E-state index contributed by atoms with van der Waals surface area (Å²) in [5, 5.41) is 5.81. The molecule has 3 rings (SSSR count). The van der Waals surface area contributed by atoms with Crippen LogP contribution in [-0.4, -0.2) is 35.7 Å². The van der Waals surface area contributed by atoms with Gasteiger partial charge in [0.05, 0.1) is 5.92 Å². The quantitative estimate of drug-likeness (QED) is 0.736. The van der Waals surface area contributed by atoms with Gasteiger partial charge in [-0.25, -0.2) is 0 Å². The highest BCUT2D eigenvalue weighted by Gasteiger charge is 2.28. The maximum atomic E-state index is 12.9. The molecule has 1 heterocycles. The lowest BCUT2D eigenvalue weighted by atomic mass is 9.96. The van der Waals surface area contributed by atoms with Crippen molar-refractivity contribution < 1.29 is 14.4 Å². The van der Waals surface area contributed by atoms with Gasteiger partial charge in [0.1, 0.15) is 0 Å². The number of benzene rings is 2. The largest absolute Gasteiger partial charge is 0.352 e. The van der Waals surface area contributed by atoms with Crippen molar-refractivity contribution in [2.24, 2.45) is 5.92 Å². The molecule has 6 nitrogen and oxygen atoms in total. The molecule has 158 valence electrons. The summed E-state index contributed by atoms with van der Waals surface area (Å²) in [5.74, 6) is -0.316. The number of amides is 3. The topological polar surface area (TPSA) is 78.5 Å². The van der Waals surface area contributed by atoms with E-state index >= 15 is 0 Å². The fraction of sp³-hybridized carbons (Fsp3) is 0.375. The van der Waals surface area contributed by atoms with Crippen molar-refractivity contribution in [3.05, 3.63) is 65.7 Å². The van der Waals surface area contributed by atoms with Crippen LogP contribution in [0, 0.1) is 5.92 Å². The third kappa shape index (κ3) is 5.92. The fourth-order valence-corrected chi connectivity index (χ4v) is 3.63. The Bertz CT molecular complexity index is 865. The molecule has 6 heteroatoms. The predicted octanol–water partition coefficient (Wildman–Crippen LogP) is 3.59. The minimum absolute atomic E-state index is 0.00895. The molecule has 1 atom stereocenters. The van der Waals surface area contributed by atoms with Crippen molar-refractivity contribution >= 4 is 23.4 Å². The summed E-state index contributed by atoms with van der Waals surface area (Å²) in [4.78, 5) is 38.9. The van der Waals surface area contributed by atoms with Crippen LogP contribution in [0.4, 0.5) is 5.69 Å². The Labute approximate surface area is 177 Å². The van der Waals surface area contributed by atoms with E-state index in [1.165, 1.54) is 0 Å². The van der Waals surface area contributed by atoms with Gasteiger partial charge >= 0.3 is 0 Å². The second-order valence-electron chi connectivity index (χ2n) is 7.67. The van der Waals surface area contributed by atoms with Gasteiger partial charge < -0.3 is 15.5 Å². The zero-order valence-electron chi connectivity index (χ0n) is 17.4. The molecule has 0 radical (unpaired) electrons. The fourth-order valence-electron chi connectivity index (χ4n) is 3.63. The van der Waals surface area contributed by atoms with Gasteiger partial charge in [-0.3, -0.25) is 14.4 Å². The number of nitrogens with zero attached hydrogens (tertiary/aromatic N) is 1. The number of nitrogens with one attached hydrogen (secondary N) is 2. The minimum atomic E-state index is -0.195. The molecule has 0 spiro atoms. The van der Waals surface area contributed by atoms with Gasteiger partial charge in [0, 0.05) is 37.3 Å². The first-order valence-electron chi connectivity index (χ1n) is 10.6. The number of hydrogen-bond acceptors (Lipinski definition) is 3. The Balaban J connectivity index is 1.54. The molecule has 0 saturated carbocycles. The van der Waals surface area contributed by atoms with Crippen LogP contribution in [0.25, 0.3) is 0 Å².